The SMILES string of the molecule is CCCC(C#N)C(=O)Nc1ccc(C)c(Cl)c1. The van der Waals surface area contributed by atoms with E-state index in [0.29, 0.717) is 17.1 Å². The van der Waals surface area contributed by atoms with Crippen LogP contribution in [0, 0.1) is 24.2 Å². The minimum atomic E-state index is -0.597. The first-order chi connectivity index (χ1) is 8.08. The second-order valence-corrected chi connectivity index (χ2v) is 4.33. The average molecular weight is 251 g/mol. The van der Waals surface area contributed by atoms with Crippen LogP contribution in [0.2, 0.25) is 5.02 Å². The fraction of sp³-hybridized carbons (Fsp3) is 0.385. The van der Waals surface area contributed by atoms with Gasteiger partial charge >= 0.3 is 0 Å². The number of carbonyl (C=O) groups excluding carboxylic acids is 1. The van der Waals surface area contributed by atoms with Gasteiger partial charge in [0.25, 0.3) is 0 Å². The number of carbonyl (C=O) groups is 1. The van der Waals surface area contributed by atoms with Crippen LogP contribution in [0.5, 0.6) is 0 Å². The largest absolute Gasteiger partial charge is 0.325 e. The third-order valence-electron chi connectivity index (χ3n) is 2.49. The molecule has 0 fully saturated rings. The first-order valence-corrected chi connectivity index (χ1v) is 5.93. The van der Waals surface area contributed by atoms with Crippen LogP contribution in [0.3, 0.4) is 0 Å². The number of halogens is 1. The number of nitriles is 1. The molecular weight excluding hydrogens is 236 g/mol. The van der Waals surface area contributed by atoms with Crippen LogP contribution in [-0.4, -0.2) is 5.91 Å². The number of rotatable bonds is 4. The molecular formula is C13H15ClN2O. The molecule has 1 aromatic rings. The number of amides is 1. The molecule has 1 rings (SSSR count). The molecule has 1 aromatic carbocycles. The fourth-order valence-electron chi connectivity index (χ4n) is 1.44. The number of hydrogen-bond acceptors (Lipinski definition) is 2. The van der Waals surface area contributed by atoms with E-state index in [1.54, 1.807) is 12.1 Å². The molecule has 0 bridgehead atoms. The molecule has 0 aliphatic carbocycles. The van der Waals surface area contributed by atoms with Gasteiger partial charge in [-0.15, -0.1) is 0 Å². The predicted molar refractivity (Wildman–Crippen MR) is 68.8 cm³/mol. The molecule has 1 unspecified atom stereocenters. The fourth-order valence-corrected chi connectivity index (χ4v) is 1.62. The van der Waals surface area contributed by atoms with E-state index in [4.69, 9.17) is 16.9 Å². The van der Waals surface area contributed by atoms with Gasteiger partial charge in [-0.1, -0.05) is 31.0 Å². The van der Waals surface area contributed by atoms with E-state index in [1.165, 1.54) is 0 Å². The van der Waals surface area contributed by atoms with E-state index in [0.717, 1.165) is 12.0 Å². The first kappa shape index (κ1) is 13.5. The minimum Gasteiger partial charge on any atom is -0.325 e. The van der Waals surface area contributed by atoms with Crippen molar-refractivity contribution >= 4 is 23.2 Å². The third kappa shape index (κ3) is 3.76. The number of anilines is 1. The molecule has 0 spiro atoms. The highest BCUT2D eigenvalue weighted by atomic mass is 35.5. The van der Waals surface area contributed by atoms with E-state index in [9.17, 15) is 4.79 Å². The molecule has 1 N–H and O–H groups in total. The quantitative estimate of drug-likeness (QED) is 0.889. The summed E-state index contributed by atoms with van der Waals surface area (Å²) in [5.41, 5.74) is 1.58. The standard InChI is InChI=1S/C13H15ClN2O/c1-3-4-10(8-15)13(17)16-11-6-5-9(2)12(14)7-11/h5-7,10H,3-4H2,1-2H3,(H,16,17). The van der Waals surface area contributed by atoms with Crippen molar-refractivity contribution < 1.29 is 4.79 Å². The van der Waals surface area contributed by atoms with Gasteiger partial charge in [-0.2, -0.15) is 5.26 Å². The van der Waals surface area contributed by atoms with E-state index < -0.39 is 5.92 Å². The lowest BCUT2D eigenvalue weighted by Gasteiger charge is -2.10. The van der Waals surface area contributed by atoms with Crippen LogP contribution in [-0.2, 0) is 4.79 Å². The second-order valence-electron chi connectivity index (χ2n) is 3.92. The summed E-state index contributed by atoms with van der Waals surface area (Å²) >= 11 is 5.96. The monoisotopic (exact) mass is 250 g/mol. The highest BCUT2D eigenvalue weighted by molar-refractivity contribution is 6.31. The lowest BCUT2D eigenvalue weighted by molar-refractivity contribution is -0.118. The number of hydrogen-bond donors (Lipinski definition) is 1. The topological polar surface area (TPSA) is 52.9 Å². The lowest BCUT2D eigenvalue weighted by Crippen LogP contribution is -2.21. The molecule has 0 saturated carbocycles. The summed E-state index contributed by atoms with van der Waals surface area (Å²) in [6.07, 6.45) is 1.38. The van der Waals surface area contributed by atoms with Crippen LogP contribution in [0.15, 0.2) is 18.2 Å². The molecule has 4 heteroatoms. The molecule has 3 nitrogen and oxygen atoms in total. The lowest BCUT2D eigenvalue weighted by atomic mass is 10.0. The molecule has 90 valence electrons. The van der Waals surface area contributed by atoms with Gasteiger partial charge in [-0.3, -0.25) is 4.79 Å². The van der Waals surface area contributed by atoms with Crippen molar-refractivity contribution in [1.29, 1.82) is 5.26 Å². The third-order valence-corrected chi connectivity index (χ3v) is 2.90. The zero-order valence-corrected chi connectivity index (χ0v) is 10.7. The Morgan fingerprint density at radius 2 is 2.29 bits per heavy atom. The average Bonchev–Trinajstić information content (AvgIpc) is 2.30. The van der Waals surface area contributed by atoms with E-state index >= 15 is 0 Å². The Morgan fingerprint density at radius 1 is 1.59 bits per heavy atom. The molecule has 0 saturated heterocycles. The van der Waals surface area contributed by atoms with Crippen LogP contribution < -0.4 is 5.32 Å². The van der Waals surface area contributed by atoms with Crippen molar-refractivity contribution in [1.82, 2.24) is 0 Å². The van der Waals surface area contributed by atoms with Gasteiger partial charge in [0.05, 0.1) is 6.07 Å². The number of nitrogens with zero attached hydrogens (tertiary/aromatic N) is 1. The van der Waals surface area contributed by atoms with Gasteiger partial charge in [-0.25, -0.2) is 0 Å². The highest BCUT2D eigenvalue weighted by Gasteiger charge is 2.16. The van der Waals surface area contributed by atoms with E-state index in [-0.39, 0.29) is 5.91 Å². The maximum absolute atomic E-state index is 11.8. The van der Waals surface area contributed by atoms with Gasteiger partial charge in [0.15, 0.2) is 0 Å². The van der Waals surface area contributed by atoms with Crippen molar-refractivity contribution in [2.75, 3.05) is 5.32 Å². The molecule has 0 heterocycles. The maximum Gasteiger partial charge on any atom is 0.241 e. The van der Waals surface area contributed by atoms with Crippen LogP contribution >= 0.6 is 11.6 Å². The summed E-state index contributed by atoms with van der Waals surface area (Å²) in [6.45, 7) is 3.84. The van der Waals surface area contributed by atoms with Gasteiger partial charge in [0.2, 0.25) is 5.91 Å². The predicted octanol–water partition coefficient (Wildman–Crippen LogP) is 3.53. The number of benzene rings is 1. The van der Waals surface area contributed by atoms with Crippen LogP contribution in [0.4, 0.5) is 5.69 Å². The Hall–Kier alpha value is -1.53. The smallest absolute Gasteiger partial charge is 0.241 e. The van der Waals surface area contributed by atoms with Crippen molar-refractivity contribution in [3.63, 3.8) is 0 Å². The van der Waals surface area contributed by atoms with Crippen LogP contribution in [0.1, 0.15) is 25.3 Å². The zero-order valence-electron chi connectivity index (χ0n) is 9.96. The molecule has 1 amide bonds. The second kappa shape index (κ2) is 6.27. The molecule has 17 heavy (non-hydrogen) atoms. The highest BCUT2D eigenvalue weighted by Crippen LogP contribution is 2.20. The Balaban J connectivity index is 2.74. The summed E-state index contributed by atoms with van der Waals surface area (Å²) < 4.78 is 0. The number of aryl methyl sites for hydroxylation is 1. The summed E-state index contributed by atoms with van der Waals surface area (Å²) in [5.74, 6) is -0.866. The first-order valence-electron chi connectivity index (χ1n) is 5.55. The van der Waals surface area contributed by atoms with Gasteiger partial charge < -0.3 is 5.32 Å². The summed E-state index contributed by atoms with van der Waals surface area (Å²) in [4.78, 5) is 11.8. The molecule has 0 aromatic heterocycles. The van der Waals surface area contributed by atoms with E-state index in [1.807, 2.05) is 26.0 Å². The summed E-state index contributed by atoms with van der Waals surface area (Å²) in [5, 5.41) is 12.2. The molecule has 0 aliphatic heterocycles. The van der Waals surface area contributed by atoms with Crippen molar-refractivity contribution in [2.45, 2.75) is 26.7 Å². The number of nitrogens with one attached hydrogen (secondary N) is 1. The molecule has 0 radical (unpaired) electrons. The Labute approximate surface area is 106 Å². The van der Waals surface area contributed by atoms with Gasteiger partial charge in [-0.05, 0) is 31.0 Å². The Morgan fingerprint density at radius 3 is 2.82 bits per heavy atom. The van der Waals surface area contributed by atoms with Gasteiger partial charge in [0, 0.05) is 10.7 Å². The Kier molecular flexibility index (Phi) is 4.99. The maximum atomic E-state index is 11.8. The van der Waals surface area contributed by atoms with Crippen molar-refractivity contribution in [3.05, 3.63) is 28.8 Å². The van der Waals surface area contributed by atoms with Gasteiger partial charge in [0.1, 0.15) is 5.92 Å². The Bertz CT molecular complexity index is 451. The minimum absolute atomic E-state index is 0.269. The molecule has 1 atom stereocenters. The van der Waals surface area contributed by atoms with Crippen molar-refractivity contribution in [3.8, 4) is 6.07 Å². The van der Waals surface area contributed by atoms with Crippen molar-refractivity contribution in [2.24, 2.45) is 5.92 Å². The molecule has 0 aliphatic rings. The van der Waals surface area contributed by atoms with E-state index in [2.05, 4.69) is 5.32 Å². The zero-order chi connectivity index (χ0) is 12.8. The summed E-state index contributed by atoms with van der Waals surface area (Å²) in [7, 11) is 0. The normalized spacial score (nSPS) is 11.6. The summed E-state index contributed by atoms with van der Waals surface area (Å²) in [6, 6.07) is 7.30. The van der Waals surface area contributed by atoms with Crippen LogP contribution in [0.25, 0.3) is 0 Å².